The maximum absolute atomic E-state index is 12.8. The van der Waals surface area contributed by atoms with Crippen LogP contribution in [0.15, 0.2) is 42.5 Å². The highest BCUT2D eigenvalue weighted by Gasteiger charge is 2.21. The highest BCUT2D eigenvalue weighted by molar-refractivity contribution is 6.30. The SMILES string of the molecule is O=C(O)CCCC(=O)N1Cc2ccc(Cl)cc2/C=C\c2ccccc21. The fraction of sp³-hybridized carbons (Fsp3) is 0.200. The van der Waals surface area contributed by atoms with Gasteiger partial charge in [-0.2, -0.15) is 0 Å². The van der Waals surface area contributed by atoms with Gasteiger partial charge in [-0.15, -0.1) is 0 Å². The molecule has 3 rings (SSSR count). The molecule has 0 radical (unpaired) electrons. The number of carboxylic acids is 1. The number of hydrogen-bond donors (Lipinski definition) is 1. The first-order valence-electron chi connectivity index (χ1n) is 8.12. The van der Waals surface area contributed by atoms with E-state index in [9.17, 15) is 9.59 Å². The van der Waals surface area contributed by atoms with E-state index in [-0.39, 0.29) is 18.7 Å². The monoisotopic (exact) mass is 355 g/mol. The predicted octanol–water partition coefficient (Wildman–Crippen LogP) is 4.61. The largest absolute Gasteiger partial charge is 0.481 e. The van der Waals surface area contributed by atoms with Gasteiger partial charge in [0.15, 0.2) is 0 Å². The molecule has 0 aromatic heterocycles. The van der Waals surface area contributed by atoms with Crippen molar-refractivity contribution in [3.05, 3.63) is 64.2 Å². The number of carboxylic acid groups (broad SMARTS) is 1. The Hall–Kier alpha value is -2.59. The molecule has 128 valence electrons. The molecular weight excluding hydrogens is 338 g/mol. The number of anilines is 1. The van der Waals surface area contributed by atoms with E-state index in [1.54, 1.807) is 4.90 Å². The predicted molar refractivity (Wildman–Crippen MR) is 99.5 cm³/mol. The van der Waals surface area contributed by atoms with Gasteiger partial charge in [-0.3, -0.25) is 9.59 Å². The van der Waals surface area contributed by atoms with E-state index in [1.165, 1.54) is 0 Å². The molecule has 0 saturated carbocycles. The zero-order valence-electron chi connectivity index (χ0n) is 13.6. The van der Waals surface area contributed by atoms with Crippen LogP contribution < -0.4 is 4.90 Å². The molecule has 0 spiro atoms. The van der Waals surface area contributed by atoms with Gasteiger partial charge in [0, 0.05) is 17.9 Å². The van der Waals surface area contributed by atoms with E-state index < -0.39 is 5.97 Å². The number of hydrogen-bond acceptors (Lipinski definition) is 2. The van der Waals surface area contributed by atoms with Crippen molar-refractivity contribution in [3.63, 3.8) is 0 Å². The summed E-state index contributed by atoms with van der Waals surface area (Å²) in [6, 6.07) is 13.3. The van der Waals surface area contributed by atoms with Gasteiger partial charge in [0.25, 0.3) is 0 Å². The van der Waals surface area contributed by atoms with Gasteiger partial charge in [0.1, 0.15) is 0 Å². The highest BCUT2D eigenvalue weighted by Crippen LogP contribution is 2.30. The van der Waals surface area contributed by atoms with E-state index in [2.05, 4.69) is 0 Å². The topological polar surface area (TPSA) is 57.6 Å². The van der Waals surface area contributed by atoms with Crippen molar-refractivity contribution in [1.82, 2.24) is 0 Å². The summed E-state index contributed by atoms with van der Waals surface area (Å²) in [5, 5.41) is 9.44. The lowest BCUT2D eigenvalue weighted by atomic mass is 10.0. The molecular formula is C20H18ClNO3. The summed E-state index contributed by atoms with van der Waals surface area (Å²) in [6.45, 7) is 0.430. The van der Waals surface area contributed by atoms with E-state index in [0.717, 1.165) is 22.4 Å². The van der Waals surface area contributed by atoms with Gasteiger partial charge >= 0.3 is 5.97 Å². The zero-order valence-corrected chi connectivity index (χ0v) is 14.4. The van der Waals surface area contributed by atoms with Crippen molar-refractivity contribution in [2.75, 3.05) is 4.90 Å². The van der Waals surface area contributed by atoms with Crippen LogP contribution in [0.3, 0.4) is 0 Å². The Morgan fingerprint density at radius 2 is 1.80 bits per heavy atom. The molecule has 5 heteroatoms. The van der Waals surface area contributed by atoms with Crippen LogP contribution in [0.25, 0.3) is 12.2 Å². The number of fused-ring (bicyclic) bond motifs is 2. The van der Waals surface area contributed by atoms with E-state index in [4.69, 9.17) is 16.7 Å². The van der Waals surface area contributed by atoms with Gasteiger partial charge in [0.2, 0.25) is 5.91 Å². The number of carbonyl (C=O) groups excluding carboxylic acids is 1. The van der Waals surface area contributed by atoms with Gasteiger partial charge in [-0.05, 0) is 41.3 Å². The summed E-state index contributed by atoms with van der Waals surface area (Å²) in [6.07, 6.45) is 4.50. The lowest BCUT2D eigenvalue weighted by Crippen LogP contribution is -2.31. The van der Waals surface area contributed by atoms with Crippen LogP contribution in [-0.4, -0.2) is 17.0 Å². The Kier molecular flexibility index (Phi) is 5.19. The van der Waals surface area contributed by atoms with Crippen LogP contribution >= 0.6 is 11.6 Å². The fourth-order valence-corrected chi connectivity index (χ4v) is 3.10. The highest BCUT2D eigenvalue weighted by atomic mass is 35.5. The Balaban J connectivity index is 1.96. The van der Waals surface area contributed by atoms with Gasteiger partial charge < -0.3 is 10.0 Å². The molecule has 1 amide bonds. The van der Waals surface area contributed by atoms with Crippen LogP contribution in [0.2, 0.25) is 5.02 Å². The van der Waals surface area contributed by atoms with Crippen LogP contribution in [-0.2, 0) is 16.1 Å². The summed E-state index contributed by atoms with van der Waals surface area (Å²) < 4.78 is 0. The number of aliphatic carboxylic acids is 1. The molecule has 2 aromatic rings. The Morgan fingerprint density at radius 1 is 1.04 bits per heavy atom. The molecule has 1 aliphatic rings. The van der Waals surface area contributed by atoms with Crippen molar-refractivity contribution in [1.29, 1.82) is 0 Å². The lowest BCUT2D eigenvalue weighted by molar-refractivity contribution is -0.137. The minimum absolute atomic E-state index is 0.00662. The zero-order chi connectivity index (χ0) is 17.8. The fourth-order valence-electron chi connectivity index (χ4n) is 2.92. The molecule has 0 atom stereocenters. The Bertz CT molecular complexity index is 845. The number of rotatable bonds is 4. The van der Waals surface area contributed by atoms with E-state index in [1.807, 2.05) is 54.6 Å². The first kappa shape index (κ1) is 17.2. The van der Waals surface area contributed by atoms with Crippen LogP contribution in [0.4, 0.5) is 5.69 Å². The second kappa shape index (κ2) is 7.53. The maximum atomic E-state index is 12.8. The molecule has 0 saturated heterocycles. The van der Waals surface area contributed by atoms with Crippen molar-refractivity contribution >= 4 is 41.3 Å². The van der Waals surface area contributed by atoms with Crippen LogP contribution in [0.5, 0.6) is 0 Å². The average molecular weight is 356 g/mol. The minimum atomic E-state index is -0.885. The maximum Gasteiger partial charge on any atom is 0.303 e. The average Bonchev–Trinajstić information content (AvgIpc) is 2.57. The van der Waals surface area contributed by atoms with Crippen molar-refractivity contribution in [2.45, 2.75) is 25.8 Å². The van der Waals surface area contributed by atoms with Crippen molar-refractivity contribution in [3.8, 4) is 0 Å². The second-order valence-electron chi connectivity index (χ2n) is 5.96. The minimum Gasteiger partial charge on any atom is -0.481 e. The van der Waals surface area contributed by atoms with E-state index in [0.29, 0.717) is 18.0 Å². The van der Waals surface area contributed by atoms with Gasteiger partial charge in [-0.25, -0.2) is 0 Å². The molecule has 0 aliphatic carbocycles. The number of nitrogens with zero attached hydrogens (tertiary/aromatic N) is 1. The molecule has 4 nitrogen and oxygen atoms in total. The van der Waals surface area contributed by atoms with Crippen LogP contribution in [0.1, 0.15) is 36.0 Å². The van der Waals surface area contributed by atoms with Crippen LogP contribution in [0, 0.1) is 0 Å². The summed E-state index contributed by atoms with van der Waals surface area (Å²) in [7, 11) is 0. The summed E-state index contributed by atoms with van der Waals surface area (Å²) >= 11 is 6.10. The molecule has 0 unspecified atom stereocenters. The van der Waals surface area contributed by atoms with Gasteiger partial charge in [0.05, 0.1) is 12.2 Å². The third kappa shape index (κ3) is 4.09. The van der Waals surface area contributed by atoms with Crippen molar-refractivity contribution < 1.29 is 14.7 Å². The van der Waals surface area contributed by atoms with Crippen molar-refractivity contribution in [2.24, 2.45) is 0 Å². The summed E-state index contributed by atoms with van der Waals surface area (Å²) in [5.74, 6) is -0.964. The molecule has 0 bridgehead atoms. The standard InChI is InChI=1S/C20H18ClNO3/c21-17-11-10-16-13-22(19(23)6-3-7-20(24)25)18-5-2-1-4-14(18)8-9-15(16)12-17/h1-2,4-5,8-12H,3,6-7,13H2,(H,24,25)/b9-8-. The number of amides is 1. The molecule has 0 fully saturated rings. The molecule has 25 heavy (non-hydrogen) atoms. The molecule has 2 aromatic carbocycles. The number of benzene rings is 2. The summed E-state index contributed by atoms with van der Waals surface area (Å²) in [5.41, 5.74) is 3.76. The normalized spacial score (nSPS) is 14.0. The first-order chi connectivity index (χ1) is 12.0. The lowest BCUT2D eigenvalue weighted by Gasteiger charge is -2.27. The second-order valence-corrected chi connectivity index (χ2v) is 6.40. The summed E-state index contributed by atoms with van der Waals surface area (Å²) in [4.78, 5) is 25.2. The first-order valence-corrected chi connectivity index (χ1v) is 8.50. The van der Waals surface area contributed by atoms with E-state index >= 15 is 0 Å². The molecule has 1 heterocycles. The third-order valence-electron chi connectivity index (χ3n) is 4.19. The number of para-hydroxylation sites is 1. The third-order valence-corrected chi connectivity index (χ3v) is 4.42. The molecule has 1 aliphatic heterocycles. The quantitative estimate of drug-likeness (QED) is 0.871. The Morgan fingerprint density at radius 3 is 2.60 bits per heavy atom. The number of halogens is 1. The smallest absolute Gasteiger partial charge is 0.303 e. The molecule has 1 N–H and O–H groups in total. The number of carbonyl (C=O) groups is 2. The van der Waals surface area contributed by atoms with Gasteiger partial charge in [-0.1, -0.05) is 48.0 Å². The Labute approximate surface area is 151 Å².